The zero-order valence-corrected chi connectivity index (χ0v) is 85.1. The summed E-state index contributed by atoms with van der Waals surface area (Å²) in [5, 5.41) is 66.5. The number of aliphatic hydroxyl groups excluding tert-OH is 4. The molecule has 10 rings (SSSR count). The number of unbranched alkanes of at least 4 members (excludes halogenated alkanes) is 3. The van der Waals surface area contributed by atoms with Crippen LogP contribution in [0.5, 0.6) is 11.5 Å². The standard InChI is InChI=1S/C100H133IN6O28S3/c1-55-46-79(127-54-66(55)47-57(3)108)133-91-86(117)84(106-135-80-51-73(111)92(62(8)129-80)137-95(121)81-58(4)83(101)89(59(5)88(81)125-12)134-96-87(118)90(126-13)85(116)61(7)131-96)60(6)130-97(91)132-75-31-20-14-15-23-39-100(123)52-74(112)69(50-78(115)124-11)82(75)70(100)38-44-136-138-99(9,10)40-37-68(109)30-26-42-103-98(122)128-53-64-33-35-67(36-34-64)104-93(119)65(29-22-24-41-102)49-72(110)71(48-63-27-18-16-19-28-63)105-76(113)32-21-17-25-43-107-77(114)45-56(2)94(107)120/h14-16,18-19,27-28,33-36,38,55-56,60-62,65-66,71,73,75,79-80,84-87,90-92,96-97,106,111,116-118,123H,17,21-22,24-26,29-30,32,37,40-54,102H2,1-13H3,(H,103,122)(H,104,119)(H,105,113)/b15-14-,70-38-/t55?,56?,60?,61?,62?,65-,66?,71+,73?,75+,79?,80?,84?,85?,86?,87?,90?,91?,92?,96?,97?,100+/m1/s1. The van der Waals surface area contributed by atoms with E-state index in [1.807, 2.05) is 73.7 Å². The number of Topliss-reactive ketones (excluding diaryl/α,β-unsaturated/α-hetero) is 4. The first kappa shape index (κ1) is 112. The number of fused-ring (bicyclic) bond motifs is 2. The Labute approximate surface area is 832 Å². The second kappa shape index (κ2) is 53.3. The third kappa shape index (κ3) is 31.0. The van der Waals surface area contributed by atoms with Gasteiger partial charge < -0.3 is 104 Å². The molecular formula is C100H133IN6O28S3. The van der Waals surface area contributed by atoms with Gasteiger partial charge in [-0.15, -0.1) is 0 Å². The van der Waals surface area contributed by atoms with Crippen molar-refractivity contribution in [3.05, 3.63) is 121 Å². The Morgan fingerprint density at radius 2 is 1.52 bits per heavy atom. The molecule has 7 aliphatic rings. The molecule has 5 aliphatic heterocycles. The summed E-state index contributed by atoms with van der Waals surface area (Å²) in [5.41, 5.74) is 9.56. The minimum atomic E-state index is -2.18. The molecule has 18 unspecified atom stereocenters. The van der Waals surface area contributed by atoms with Gasteiger partial charge in [0.25, 0.3) is 0 Å². The molecule has 11 N–H and O–H groups in total. The number of imide groups is 1. The number of methoxy groups -OCH3 is 3. The number of amides is 5. The maximum absolute atomic E-state index is 14.6. The molecule has 0 aromatic heterocycles. The summed E-state index contributed by atoms with van der Waals surface area (Å²) in [6.07, 6.45) is -9.15. The molecule has 5 amide bonds. The smallest absolute Gasteiger partial charge is 0.407 e. The van der Waals surface area contributed by atoms with E-state index in [9.17, 15) is 78.3 Å². The van der Waals surface area contributed by atoms with Crippen molar-refractivity contribution in [2.75, 3.05) is 58.6 Å². The number of nitrogens with one attached hydrogen (secondary N) is 4. The van der Waals surface area contributed by atoms with Crippen LogP contribution in [0.2, 0.25) is 0 Å². The Kier molecular flexibility index (Phi) is 43.3. The predicted molar refractivity (Wildman–Crippen MR) is 523 cm³/mol. The molecule has 0 spiro atoms. The number of carbonyl (C=O) groups is 11. The number of ether oxygens (including phenoxy) is 11. The Morgan fingerprint density at radius 1 is 0.790 bits per heavy atom. The summed E-state index contributed by atoms with van der Waals surface area (Å²) in [4.78, 5) is 155. The average molecular weight is 2090 g/mol. The number of nitrogens with two attached hydrogens (primary N) is 1. The third-order valence-corrected chi connectivity index (χ3v) is 31.5. The normalized spacial score (nSPS) is 28.0. The van der Waals surface area contributed by atoms with Crippen LogP contribution in [0.25, 0.3) is 0 Å². The summed E-state index contributed by atoms with van der Waals surface area (Å²) in [7, 11) is 6.79. The fraction of sp³-hybridized carbons (Fsp3) is 0.610. The Bertz CT molecular complexity index is 4990. The summed E-state index contributed by atoms with van der Waals surface area (Å²) < 4.78 is 67.0. The Balaban J connectivity index is 0.726. The topological polar surface area (TPSA) is 477 Å². The van der Waals surface area contributed by atoms with Crippen molar-refractivity contribution in [1.29, 1.82) is 0 Å². The second-order valence-electron chi connectivity index (χ2n) is 36.8. The molecular weight excluding hydrogens is 1960 g/mol. The van der Waals surface area contributed by atoms with Crippen molar-refractivity contribution in [2.24, 2.45) is 29.4 Å². The predicted octanol–water partition coefficient (Wildman–Crippen LogP) is 9.87. The minimum Gasteiger partial charge on any atom is -0.496 e. The van der Waals surface area contributed by atoms with Crippen molar-refractivity contribution in [3.8, 4) is 35.2 Å². The van der Waals surface area contributed by atoms with E-state index < -0.39 is 156 Å². The van der Waals surface area contributed by atoms with Crippen LogP contribution in [0.4, 0.5) is 10.5 Å². The first-order chi connectivity index (χ1) is 65.7. The molecule has 0 saturated carbocycles. The van der Waals surface area contributed by atoms with Gasteiger partial charge in [0.1, 0.15) is 66.3 Å². The van der Waals surface area contributed by atoms with Crippen molar-refractivity contribution >= 4 is 126 Å². The van der Waals surface area contributed by atoms with Gasteiger partial charge in [0, 0.05) is 122 Å². The van der Waals surface area contributed by atoms with E-state index in [1.165, 1.54) is 66.9 Å². The molecule has 3 aromatic rings. The molecule has 22 atom stereocenters. The molecule has 38 heteroatoms. The summed E-state index contributed by atoms with van der Waals surface area (Å²) >= 11 is 2.89. The monoisotopic (exact) mass is 2090 g/mol. The lowest BCUT2D eigenvalue weighted by atomic mass is 9.72. The van der Waals surface area contributed by atoms with Crippen LogP contribution in [0.1, 0.15) is 204 Å². The van der Waals surface area contributed by atoms with E-state index in [0.717, 1.165) is 17.3 Å². The van der Waals surface area contributed by atoms with E-state index >= 15 is 0 Å². The zero-order valence-electron chi connectivity index (χ0n) is 80.5. The number of thioether (sulfide) groups is 1. The number of hydroxylamine groups is 1. The van der Waals surface area contributed by atoms with Gasteiger partial charge >= 0.3 is 12.1 Å². The van der Waals surface area contributed by atoms with Gasteiger partial charge in [-0.2, -0.15) is 5.48 Å². The number of rotatable bonds is 48. The van der Waals surface area contributed by atoms with Crippen LogP contribution >= 0.6 is 55.9 Å². The van der Waals surface area contributed by atoms with Gasteiger partial charge in [-0.25, -0.2) is 4.79 Å². The number of anilines is 1. The highest BCUT2D eigenvalue weighted by molar-refractivity contribution is 14.1. The van der Waals surface area contributed by atoms with Crippen LogP contribution in [-0.2, 0) is 104 Å². The number of carbonyl (C=O) groups excluding carboxylic acids is 11. The van der Waals surface area contributed by atoms with Gasteiger partial charge in [-0.1, -0.05) is 132 Å². The van der Waals surface area contributed by atoms with E-state index in [2.05, 4.69) is 45.1 Å². The first-order valence-corrected chi connectivity index (χ1v) is 51.3. The molecule has 3 aromatic carbocycles. The highest BCUT2D eigenvalue weighted by Crippen LogP contribution is 2.47. The Morgan fingerprint density at radius 3 is 2.20 bits per heavy atom. The Hall–Kier alpha value is -8.05. The first-order valence-electron chi connectivity index (χ1n) is 47.0. The SMILES string of the molecule is COC(=O)CC1=C2/C(=C/CSSC(C)(C)CCC(=O)CCCNC(=O)OCc3ccc(NC(=O)[C@H](CCCCN)CC(=O)[C@H](Cc4ccccc4)NC(=O)CCCCCN4C(=O)CC(C)C4=O)cc3)[C@](O)(C#C/C=C\C#C[C@@H]2OC2OC(C)C(NOC3CC(O)C(SC(=O)c4c(C)c(I)c(OC5OC(C)C(O)C(OC)C5O)c(C)c4OC)C(C)O3)C(O)C2OC2CC(C)C(CC(C)=O)CO2)CC1=O. The number of benzene rings is 3. The number of likely N-dealkylation sites (tertiary alicyclic amines) is 1. The van der Waals surface area contributed by atoms with E-state index in [1.54, 1.807) is 71.9 Å². The number of allylic oxidation sites excluding steroid dienone is 2. The van der Waals surface area contributed by atoms with Crippen molar-refractivity contribution in [3.63, 3.8) is 0 Å². The molecule has 34 nitrogen and oxygen atoms in total. The quantitative estimate of drug-likeness (QED) is 0.00478. The van der Waals surface area contributed by atoms with Crippen LogP contribution in [0, 0.1) is 64.8 Å². The number of esters is 1. The number of alkyl carbamates (subject to hydrolysis) is 1. The molecule has 138 heavy (non-hydrogen) atoms. The number of hydrogen-bond donors (Lipinski definition) is 10. The van der Waals surface area contributed by atoms with Crippen LogP contribution in [-0.4, -0.2) is 262 Å². The van der Waals surface area contributed by atoms with Gasteiger partial charge in [0.05, 0.1) is 84.6 Å². The number of hydrogen-bond acceptors (Lipinski definition) is 33. The lowest BCUT2D eigenvalue weighted by Crippen LogP contribution is -2.64. The highest BCUT2D eigenvalue weighted by Gasteiger charge is 2.53. The van der Waals surface area contributed by atoms with Crippen molar-refractivity contribution in [1.82, 2.24) is 21.0 Å². The molecule has 0 radical (unpaired) electrons. The molecule has 756 valence electrons. The molecule has 5 fully saturated rings. The minimum absolute atomic E-state index is 0.00494. The highest BCUT2D eigenvalue weighted by atomic mass is 127. The molecule has 2 bridgehead atoms. The van der Waals surface area contributed by atoms with Gasteiger partial charge in [0.15, 0.2) is 36.0 Å². The van der Waals surface area contributed by atoms with Gasteiger partial charge in [-0.05, 0) is 182 Å². The fourth-order valence-corrected chi connectivity index (χ4v) is 22.0. The van der Waals surface area contributed by atoms with Crippen molar-refractivity contribution < 1.29 is 135 Å². The fourth-order valence-electron chi connectivity index (χ4n) is 17.6. The zero-order chi connectivity index (χ0) is 100. The van der Waals surface area contributed by atoms with Crippen LogP contribution in [0.3, 0.4) is 0 Å². The second-order valence-corrected chi connectivity index (χ2v) is 42.1. The van der Waals surface area contributed by atoms with E-state index in [4.69, 9.17) is 62.7 Å². The largest absolute Gasteiger partial charge is 0.496 e. The summed E-state index contributed by atoms with van der Waals surface area (Å²) in [6.45, 7) is 18.4. The number of nitrogens with zero attached hydrogens (tertiary/aromatic N) is 1. The molecule has 5 heterocycles. The molecule has 2 aliphatic carbocycles. The summed E-state index contributed by atoms with van der Waals surface area (Å²) in [5.74, 6) is 8.10. The summed E-state index contributed by atoms with van der Waals surface area (Å²) in [6, 6.07) is 13.9. The average Bonchev–Trinajstić information content (AvgIpc) is 1.03. The maximum atomic E-state index is 14.6. The maximum Gasteiger partial charge on any atom is 0.407 e. The lowest BCUT2D eigenvalue weighted by Gasteiger charge is -2.46. The van der Waals surface area contributed by atoms with Crippen LogP contribution < -0.4 is 36.6 Å². The number of halogens is 1. The van der Waals surface area contributed by atoms with Gasteiger partial charge in [0.2, 0.25) is 35.0 Å². The number of ketones is 4. The third-order valence-electron chi connectivity index (χ3n) is 25.6. The van der Waals surface area contributed by atoms with Gasteiger partial charge in [-0.3, -0.25) is 52.9 Å². The molecule has 5 saturated heterocycles. The van der Waals surface area contributed by atoms with E-state index in [0.29, 0.717) is 90.4 Å². The van der Waals surface area contributed by atoms with Crippen molar-refractivity contribution in [2.45, 2.75) is 312 Å². The van der Waals surface area contributed by atoms with Crippen LogP contribution in [0.15, 0.2) is 89.5 Å². The van der Waals surface area contributed by atoms with E-state index in [-0.39, 0.29) is 176 Å². The lowest BCUT2D eigenvalue weighted by molar-refractivity contribution is -0.335. The number of aliphatic hydroxyl groups is 5.